The van der Waals surface area contributed by atoms with Gasteiger partial charge in [-0.05, 0) is 56.7 Å². The van der Waals surface area contributed by atoms with Gasteiger partial charge in [-0.1, -0.05) is 18.3 Å². The molecule has 4 aromatic heterocycles. The minimum Gasteiger partial charge on any atom is -0.302 e. The van der Waals surface area contributed by atoms with Gasteiger partial charge in [0, 0.05) is 41.8 Å². The van der Waals surface area contributed by atoms with Crippen LogP contribution in [0.3, 0.4) is 0 Å². The van der Waals surface area contributed by atoms with Crippen LogP contribution in [0.4, 0.5) is 15.3 Å². The maximum absolute atomic E-state index is 13.5. The molecule has 0 bridgehead atoms. The number of aryl methyl sites for hydroxylation is 1. The number of anilines is 2. The van der Waals surface area contributed by atoms with Crippen LogP contribution in [0.25, 0.3) is 28.0 Å². The molecule has 0 saturated heterocycles. The highest BCUT2D eigenvalue weighted by atomic mass is 32.2. The lowest BCUT2D eigenvalue weighted by atomic mass is 10.1. The van der Waals surface area contributed by atoms with Crippen LogP contribution in [-0.2, 0) is 16.4 Å². The van der Waals surface area contributed by atoms with Crippen molar-refractivity contribution >= 4 is 38.0 Å². The number of fused-ring (bicyclic) bond motifs is 1. The summed E-state index contributed by atoms with van der Waals surface area (Å²) in [4.78, 5) is 20.5. The zero-order valence-electron chi connectivity index (χ0n) is 21.9. The number of hydrogen-bond donors (Lipinski definition) is 1. The van der Waals surface area contributed by atoms with Gasteiger partial charge in [0.05, 0.1) is 5.69 Å². The fourth-order valence-corrected chi connectivity index (χ4v) is 5.66. The van der Waals surface area contributed by atoms with E-state index in [0.29, 0.717) is 39.8 Å². The Kier molecular flexibility index (Phi) is 7.33. The van der Waals surface area contributed by atoms with E-state index >= 15 is 0 Å². The number of nitrogens with two attached hydrogens (primary N) is 1. The smallest absolute Gasteiger partial charge is 0.219 e. The Morgan fingerprint density at radius 2 is 1.75 bits per heavy atom. The van der Waals surface area contributed by atoms with Crippen molar-refractivity contribution < 1.29 is 12.8 Å². The summed E-state index contributed by atoms with van der Waals surface area (Å²) in [6.45, 7) is 6.01. The summed E-state index contributed by atoms with van der Waals surface area (Å²) in [6, 6.07) is 11.9. The molecule has 40 heavy (non-hydrogen) atoms. The number of pyridine rings is 1. The van der Waals surface area contributed by atoms with E-state index < -0.39 is 15.3 Å². The van der Waals surface area contributed by atoms with Crippen molar-refractivity contribution in [3.05, 3.63) is 77.2 Å². The molecule has 13 heteroatoms. The van der Waals surface area contributed by atoms with Crippen molar-refractivity contribution in [2.24, 2.45) is 5.14 Å². The van der Waals surface area contributed by atoms with Gasteiger partial charge in [-0.3, -0.25) is 4.40 Å². The van der Waals surface area contributed by atoms with E-state index in [-0.39, 0.29) is 11.6 Å². The van der Waals surface area contributed by atoms with Crippen LogP contribution >= 0.6 is 11.3 Å². The van der Waals surface area contributed by atoms with Crippen LogP contribution in [-0.4, -0.2) is 39.3 Å². The summed E-state index contributed by atoms with van der Waals surface area (Å²) in [5.74, 6) is 0.571. The summed E-state index contributed by atoms with van der Waals surface area (Å²) in [5, 5.41) is 14.7. The summed E-state index contributed by atoms with van der Waals surface area (Å²) >= 11 is 1.26. The first kappa shape index (κ1) is 27.3. The Morgan fingerprint density at radius 3 is 2.35 bits per heavy atom. The molecule has 0 fully saturated rings. The third kappa shape index (κ3) is 5.04. The zero-order chi connectivity index (χ0) is 28.6. The first-order chi connectivity index (χ1) is 19.1. The largest absolute Gasteiger partial charge is 0.302 e. The molecule has 1 atom stereocenters. The number of primary sulfonamides is 1. The second kappa shape index (κ2) is 10.7. The average molecular weight is 577 g/mol. The number of benzene rings is 1. The van der Waals surface area contributed by atoms with Gasteiger partial charge < -0.3 is 4.90 Å². The average Bonchev–Trinajstić information content (AvgIpc) is 3.55. The maximum Gasteiger partial charge on any atom is 0.219 e. The van der Waals surface area contributed by atoms with Gasteiger partial charge in [0.2, 0.25) is 10.0 Å². The standard InChI is InChI=1S/C27H25FN8O2S2/c1-4-21-26(35(5-2)27-34-24(22(12-29)39-27)17-6-9-20(28)10-7-17)36-15-18(8-11-23(36)33-21)19-13-31-25(32-14-19)16(3)40(30,37)38/h6-11,13-16H,4-5H2,1-3H3,(H2,30,37,38). The van der Waals surface area contributed by atoms with Crippen LogP contribution in [0.1, 0.15) is 42.4 Å². The molecule has 0 aliphatic heterocycles. The Bertz CT molecular complexity index is 1840. The molecule has 0 aliphatic rings. The molecule has 0 saturated carbocycles. The number of imidazole rings is 1. The van der Waals surface area contributed by atoms with Gasteiger partial charge in [-0.25, -0.2) is 37.9 Å². The SMILES string of the molecule is CCc1nc2ccc(-c3cnc(C(C)S(N)(=O)=O)nc3)cn2c1N(CC)c1nc(-c2ccc(F)cc2)c(C#N)s1. The molecule has 5 aromatic rings. The number of thiazole rings is 1. The number of aromatic nitrogens is 5. The molecule has 10 nitrogen and oxygen atoms in total. The van der Waals surface area contributed by atoms with E-state index in [9.17, 15) is 18.1 Å². The first-order valence-electron chi connectivity index (χ1n) is 12.4. The zero-order valence-corrected chi connectivity index (χ0v) is 23.5. The molecule has 204 valence electrons. The molecule has 0 spiro atoms. The van der Waals surface area contributed by atoms with Crippen LogP contribution in [0.5, 0.6) is 0 Å². The molecule has 1 aromatic carbocycles. The Hall–Kier alpha value is -4.25. The highest BCUT2D eigenvalue weighted by molar-refractivity contribution is 7.89. The van der Waals surface area contributed by atoms with Crippen molar-refractivity contribution in [1.29, 1.82) is 5.26 Å². The monoisotopic (exact) mass is 576 g/mol. The van der Waals surface area contributed by atoms with Crippen LogP contribution in [0.15, 0.2) is 55.0 Å². The summed E-state index contributed by atoms with van der Waals surface area (Å²) in [6.07, 6.45) is 5.71. The minimum atomic E-state index is -3.81. The summed E-state index contributed by atoms with van der Waals surface area (Å²) in [5.41, 5.74) is 4.22. The number of sulfonamides is 1. The minimum absolute atomic E-state index is 0.120. The summed E-state index contributed by atoms with van der Waals surface area (Å²) < 4.78 is 38.9. The van der Waals surface area contributed by atoms with E-state index in [1.54, 1.807) is 24.5 Å². The molecule has 1 unspecified atom stereocenters. The lowest BCUT2D eigenvalue weighted by molar-refractivity contribution is 0.584. The third-order valence-electron chi connectivity index (χ3n) is 6.50. The lowest BCUT2D eigenvalue weighted by Crippen LogP contribution is -2.21. The molecule has 0 aliphatic carbocycles. The predicted molar refractivity (Wildman–Crippen MR) is 152 cm³/mol. The van der Waals surface area contributed by atoms with Gasteiger partial charge >= 0.3 is 0 Å². The van der Waals surface area contributed by atoms with Crippen molar-refractivity contribution in [3.8, 4) is 28.5 Å². The first-order valence-corrected chi connectivity index (χ1v) is 14.9. The summed E-state index contributed by atoms with van der Waals surface area (Å²) in [7, 11) is -3.81. The Morgan fingerprint density at radius 1 is 1.07 bits per heavy atom. The van der Waals surface area contributed by atoms with E-state index in [1.165, 1.54) is 30.4 Å². The fraction of sp³-hybridized carbons (Fsp3) is 0.222. The third-order valence-corrected chi connectivity index (χ3v) is 8.68. The van der Waals surface area contributed by atoms with E-state index in [1.807, 2.05) is 41.5 Å². The van der Waals surface area contributed by atoms with Gasteiger partial charge in [0.1, 0.15) is 45.0 Å². The van der Waals surface area contributed by atoms with E-state index in [0.717, 1.165) is 22.7 Å². The van der Waals surface area contributed by atoms with Crippen molar-refractivity contribution in [2.75, 3.05) is 11.4 Å². The fourth-order valence-electron chi connectivity index (χ4n) is 4.30. The molecular formula is C27H25FN8O2S2. The molecule has 5 rings (SSSR count). The molecular weight excluding hydrogens is 551 g/mol. The Labute approximate surface area is 234 Å². The number of hydrogen-bond acceptors (Lipinski definition) is 9. The topological polar surface area (TPSA) is 143 Å². The normalized spacial score (nSPS) is 12.4. The van der Waals surface area contributed by atoms with Gasteiger partial charge in [-0.2, -0.15) is 5.26 Å². The van der Waals surface area contributed by atoms with E-state index in [2.05, 4.69) is 16.0 Å². The quantitative estimate of drug-likeness (QED) is 0.272. The highest BCUT2D eigenvalue weighted by Crippen LogP contribution is 2.38. The van der Waals surface area contributed by atoms with Crippen molar-refractivity contribution in [1.82, 2.24) is 24.3 Å². The highest BCUT2D eigenvalue weighted by Gasteiger charge is 2.24. The number of halogens is 1. The molecule has 2 N–H and O–H groups in total. The van der Waals surface area contributed by atoms with Crippen LogP contribution < -0.4 is 10.0 Å². The van der Waals surface area contributed by atoms with E-state index in [4.69, 9.17) is 15.1 Å². The number of nitriles is 1. The van der Waals surface area contributed by atoms with Gasteiger partial charge in [0.15, 0.2) is 5.13 Å². The van der Waals surface area contributed by atoms with Gasteiger partial charge in [-0.15, -0.1) is 0 Å². The molecule has 4 heterocycles. The Balaban J connectivity index is 1.59. The maximum atomic E-state index is 13.5. The predicted octanol–water partition coefficient (Wildman–Crippen LogP) is 5.00. The number of nitrogens with zero attached hydrogens (tertiary/aromatic N) is 7. The van der Waals surface area contributed by atoms with Crippen LogP contribution in [0, 0.1) is 17.1 Å². The number of rotatable bonds is 8. The second-order valence-electron chi connectivity index (χ2n) is 8.98. The van der Waals surface area contributed by atoms with Crippen molar-refractivity contribution in [2.45, 2.75) is 32.4 Å². The van der Waals surface area contributed by atoms with Gasteiger partial charge in [0.25, 0.3) is 0 Å². The molecule has 0 radical (unpaired) electrons. The molecule has 0 amide bonds. The lowest BCUT2D eigenvalue weighted by Gasteiger charge is -2.21. The second-order valence-corrected chi connectivity index (χ2v) is 11.8. The van der Waals surface area contributed by atoms with Crippen LogP contribution in [0.2, 0.25) is 0 Å². The van der Waals surface area contributed by atoms with Crippen molar-refractivity contribution in [3.63, 3.8) is 0 Å².